The zero-order valence-electron chi connectivity index (χ0n) is 17.2. The number of aromatic nitrogens is 2. The van der Waals surface area contributed by atoms with Gasteiger partial charge >= 0.3 is 6.09 Å². The fourth-order valence-electron chi connectivity index (χ4n) is 4.27. The molecule has 1 atom stereocenters. The number of anilines is 1. The number of H-pyrrole nitrogens is 1. The first kappa shape index (κ1) is 19.3. The number of fused-ring (bicyclic) bond motifs is 4. The van der Waals surface area contributed by atoms with E-state index >= 15 is 0 Å². The van der Waals surface area contributed by atoms with Crippen LogP contribution in [0.2, 0.25) is 0 Å². The molecule has 6 nitrogen and oxygen atoms in total. The van der Waals surface area contributed by atoms with Gasteiger partial charge in [-0.1, -0.05) is 60.7 Å². The van der Waals surface area contributed by atoms with Crippen molar-refractivity contribution in [2.75, 3.05) is 18.1 Å². The minimum absolute atomic E-state index is 0.0293. The fraction of sp³-hybridized carbons (Fsp3) is 0.200. The highest BCUT2D eigenvalue weighted by Crippen LogP contribution is 2.44. The van der Waals surface area contributed by atoms with Crippen molar-refractivity contribution in [3.63, 3.8) is 0 Å². The number of rotatable bonds is 5. The Morgan fingerprint density at radius 3 is 2.29 bits per heavy atom. The van der Waals surface area contributed by atoms with Crippen LogP contribution in [0.5, 0.6) is 0 Å². The highest BCUT2D eigenvalue weighted by Gasteiger charge is 2.31. The highest BCUT2D eigenvalue weighted by atomic mass is 16.6. The Hall–Kier alpha value is -3.64. The Morgan fingerprint density at radius 1 is 1.03 bits per heavy atom. The van der Waals surface area contributed by atoms with Gasteiger partial charge in [0.05, 0.1) is 23.7 Å². The van der Waals surface area contributed by atoms with Crippen LogP contribution in [0.4, 0.5) is 10.7 Å². The van der Waals surface area contributed by atoms with Gasteiger partial charge in [0.1, 0.15) is 6.61 Å². The van der Waals surface area contributed by atoms with E-state index in [0.717, 1.165) is 22.2 Å². The lowest BCUT2D eigenvalue weighted by Crippen LogP contribution is -2.42. The molecule has 1 aliphatic rings. The quantitative estimate of drug-likeness (QED) is 0.497. The molecule has 1 amide bonds. The van der Waals surface area contributed by atoms with Crippen LogP contribution in [0, 0.1) is 0 Å². The molecule has 1 aliphatic carbocycles. The summed E-state index contributed by atoms with van der Waals surface area (Å²) >= 11 is 0. The third-order valence-corrected chi connectivity index (χ3v) is 5.84. The van der Waals surface area contributed by atoms with E-state index in [1.807, 2.05) is 48.5 Å². The minimum Gasteiger partial charge on any atom is -0.448 e. The molecule has 6 heteroatoms. The third kappa shape index (κ3) is 3.35. The molecule has 1 unspecified atom stereocenters. The van der Waals surface area contributed by atoms with Crippen LogP contribution in [0.25, 0.3) is 22.2 Å². The van der Waals surface area contributed by atoms with Crippen molar-refractivity contribution >= 4 is 23.1 Å². The van der Waals surface area contributed by atoms with E-state index in [4.69, 9.17) is 4.74 Å². The Labute approximate surface area is 180 Å². The van der Waals surface area contributed by atoms with Crippen LogP contribution < -0.4 is 4.90 Å². The van der Waals surface area contributed by atoms with Gasteiger partial charge in [-0.3, -0.25) is 0 Å². The van der Waals surface area contributed by atoms with Gasteiger partial charge in [0.2, 0.25) is 5.95 Å². The lowest BCUT2D eigenvalue weighted by molar-refractivity contribution is 0.144. The number of aromatic amines is 1. The SMILES string of the molecule is CC(CO)N(C(=O)OCC1c2ccccc2-c2ccccc21)c1nc2ccccc2[nH]1. The maximum absolute atomic E-state index is 13.1. The van der Waals surface area contributed by atoms with Gasteiger partial charge in [-0.05, 0) is 41.3 Å². The number of aliphatic hydroxyl groups is 1. The molecular weight excluding hydrogens is 390 g/mol. The number of amides is 1. The van der Waals surface area contributed by atoms with Crippen LogP contribution in [-0.2, 0) is 4.74 Å². The van der Waals surface area contributed by atoms with Crippen LogP contribution >= 0.6 is 0 Å². The topological polar surface area (TPSA) is 78.4 Å². The van der Waals surface area contributed by atoms with E-state index in [1.54, 1.807) is 6.92 Å². The second kappa shape index (κ2) is 7.89. The van der Waals surface area contributed by atoms with Gasteiger partial charge in [-0.15, -0.1) is 0 Å². The highest BCUT2D eigenvalue weighted by molar-refractivity contribution is 5.89. The molecule has 0 spiro atoms. The Balaban J connectivity index is 1.42. The van der Waals surface area contributed by atoms with Crippen molar-refractivity contribution in [2.45, 2.75) is 18.9 Å². The number of hydrogen-bond donors (Lipinski definition) is 2. The Bertz CT molecular complexity index is 1170. The van der Waals surface area contributed by atoms with Crippen molar-refractivity contribution in [1.29, 1.82) is 0 Å². The van der Waals surface area contributed by atoms with E-state index < -0.39 is 12.1 Å². The number of benzene rings is 3. The second-order valence-electron chi connectivity index (χ2n) is 7.78. The normalized spacial score (nSPS) is 13.6. The number of carbonyl (C=O) groups is 1. The number of aliphatic hydroxyl groups excluding tert-OH is 1. The first-order chi connectivity index (χ1) is 15.2. The smallest absolute Gasteiger partial charge is 0.417 e. The summed E-state index contributed by atoms with van der Waals surface area (Å²) in [6, 6.07) is 23.5. The van der Waals surface area contributed by atoms with Crippen molar-refractivity contribution in [2.24, 2.45) is 0 Å². The summed E-state index contributed by atoms with van der Waals surface area (Å²) in [6.45, 7) is 1.76. The number of nitrogens with zero attached hydrogens (tertiary/aromatic N) is 2. The molecule has 0 saturated carbocycles. The van der Waals surface area contributed by atoms with Crippen molar-refractivity contribution in [1.82, 2.24) is 9.97 Å². The predicted molar refractivity (Wildman–Crippen MR) is 120 cm³/mol. The Morgan fingerprint density at radius 2 is 1.65 bits per heavy atom. The maximum atomic E-state index is 13.1. The van der Waals surface area contributed by atoms with E-state index in [1.165, 1.54) is 16.0 Å². The van der Waals surface area contributed by atoms with Gasteiger partial charge in [-0.25, -0.2) is 14.7 Å². The van der Waals surface area contributed by atoms with Crippen molar-refractivity contribution in [3.05, 3.63) is 83.9 Å². The number of ether oxygens (including phenoxy) is 1. The summed E-state index contributed by atoms with van der Waals surface area (Å²) in [5, 5.41) is 9.74. The number of imidazole rings is 1. The van der Waals surface area contributed by atoms with Gasteiger partial charge in [0.25, 0.3) is 0 Å². The molecule has 0 bridgehead atoms. The minimum atomic E-state index is -0.539. The molecule has 0 fully saturated rings. The average Bonchev–Trinajstić information content (AvgIpc) is 3.36. The van der Waals surface area contributed by atoms with Gasteiger partial charge in [0.15, 0.2) is 0 Å². The molecular formula is C25H23N3O3. The Kier molecular flexibility index (Phi) is 4.92. The fourth-order valence-corrected chi connectivity index (χ4v) is 4.27. The molecule has 1 heterocycles. The lowest BCUT2D eigenvalue weighted by Gasteiger charge is -2.25. The van der Waals surface area contributed by atoms with E-state index in [0.29, 0.717) is 5.95 Å². The first-order valence-electron chi connectivity index (χ1n) is 10.4. The van der Waals surface area contributed by atoms with E-state index in [-0.39, 0.29) is 19.1 Å². The molecule has 2 N–H and O–H groups in total. The largest absolute Gasteiger partial charge is 0.448 e. The summed E-state index contributed by atoms with van der Waals surface area (Å²) < 4.78 is 5.79. The summed E-state index contributed by atoms with van der Waals surface area (Å²) in [5.74, 6) is 0.332. The summed E-state index contributed by atoms with van der Waals surface area (Å²) in [7, 11) is 0. The van der Waals surface area contributed by atoms with Crippen LogP contribution in [0.3, 0.4) is 0 Å². The second-order valence-corrected chi connectivity index (χ2v) is 7.78. The third-order valence-electron chi connectivity index (χ3n) is 5.84. The average molecular weight is 413 g/mol. The number of hydrogen-bond acceptors (Lipinski definition) is 4. The van der Waals surface area contributed by atoms with Crippen LogP contribution in [0.1, 0.15) is 24.0 Å². The summed E-state index contributed by atoms with van der Waals surface area (Å²) in [4.78, 5) is 22.2. The monoisotopic (exact) mass is 413 g/mol. The van der Waals surface area contributed by atoms with Crippen LogP contribution in [-0.4, -0.2) is 40.4 Å². The molecule has 1 aromatic heterocycles. The molecule has 0 aliphatic heterocycles. The predicted octanol–water partition coefficient (Wildman–Crippen LogP) is 4.70. The van der Waals surface area contributed by atoms with Crippen LogP contribution in [0.15, 0.2) is 72.8 Å². The zero-order chi connectivity index (χ0) is 21.4. The van der Waals surface area contributed by atoms with Crippen molar-refractivity contribution < 1.29 is 14.6 Å². The maximum Gasteiger partial charge on any atom is 0.417 e. The first-order valence-corrected chi connectivity index (χ1v) is 10.4. The molecule has 0 saturated heterocycles. The van der Waals surface area contributed by atoms with Crippen molar-refractivity contribution in [3.8, 4) is 11.1 Å². The van der Waals surface area contributed by atoms with E-state index in [9.17, 15) is 9.90 Å². The number of para-hydroxylation sites is 2. The molecule has 0 radical (unpaired) electrons. The van der Waals surface area contributed by atoms with Gasteiger partial charge < -0.3 is 14.8 Å². The lowest BCUT2D eigenvalue weighted by atomic mass is 9.98. The van der Waals surface area contributed by atoms with Gasteiger partial charge in [-0.2, -0.15) is 0 Å². The molecule has 4 aromatic rings. The van der Waals surface area contributed by atoms with Gasteiger partial charge in [0, 0.05) is 5.92 Å². The zero-order valence-corrected chi connectivity index (χ0v) is 17.2. The standard InChI is InChI=1S/C25H23N3O3/c1-16(14-29)28(24-26-22-12-6-7-13-23(22)27-24)25(30)31-15-21-19-10-4-2-8-17(19)18-9-3-5-11-20(18)21/h2-13,16,21,29H,14-15H2,1H3,(H,26,27). The molecule has 5 rings (SSSR count). The molecule has 3 aromatic carbocycles. The summed E-state index contributed by atoms with van der Waals surface area (Å²) in [6.07, 6.45) is -0.539. The number of nitrogens with one attached hydrogen (secondary N) is 1. The molecule has 156 valence electrons. The molecule has 31 heavy (non-hydrogen) atoms. The van der Waals surface area contributed by atoms with E-state index in [2.05, 4.69) is 34.2 Å². The number of carbonyl (C=O) groups excluding carboxylic acids is 1. The summed E-state index contributed by atoms with van der Waals surface area (Å²) in [5.41, 5.74) is 6.23.